The number of phosphoric acid groups is 1. The van der Waals surface area contributed by atoms with E-state index in [-0.39, 0.29) is 19.6 Å². The third-order valence-corrected chi connectivity index (χ3v) is 8.50. The summed E-state index contributed by atoms with van der Waals surface area (Å²) in [6, 6.07) is 0. The molecule has 276 valence electrons. The van der Waals surface area contributed by atoms with Crippen molar-refractivity contribution >= 4 is 13.8 Å². The van der Waals surface area contributed by atoms with E-state index >= 15 is 0 Å². The van der Waals surface area contributed by atoms with Crippen LogP contribution in [0.15, 0.2) is 36.5 Å². The summed E-state index contributed by atoms with van der Waals surface area (Å²) in [4.78, 5) is 22.4. The molecular formula is C37H69O9P. The Kier molecular flexibility index (Phi) is 33.6. The summed E-state index contributed by atoms with van der Waals surface area (Å²) in [6.07, 6.45) is 33.9. The van der Waals surface area contributed by atoms with Gasteiger partial charge >= 0.3 is 13.8 Å². The van der Waals surface area contributed by atoms with Gasteiger partial charge in [0.25, 0.3) is 0 Å². The molecule has 0 aromatic heterocycles. The SMILES string of the molecule is CCCC/C=C\C/C=C\CCCCCCCCOCC(COP(=O)(O)OCC(O)CO)OC(=O)CCCCCCC/C=C\CCCC. The summed E-state index contributed by atoms with van der Waals surface area (Å²) in [7, 11) is -4.51. The fourth-order valence-corrected chi connectivity index (χ4v) is 5.43. The normalized spacial score (nSPS) is 14.7. The van der Waals surface area contributed by atoms with E-state index in [0.717, 1.165) is 70.6 Å². The number of unbranched alkanes of at least 4 members (excludes halogenated alkanes) is 15. The first kappa shape index (κ1) is 45.7. The first-order valence-corrected chi connectivity index (χ1v) is 20.0. The molecule has 0 saturated carbocycles. The minimum absolute atomic E-state index is 0.0386. The summed E-state index contributed by atoms with van der Waals surface area (Å²) in [6.45, 7) is 3.38. The van der Waals surface area contributed by atoms with Crippen molar-refractivity contribution in [2.75, 3.05) is 33.0 Å². The molecule has 0 heterocycles. The molecule has 3 unspecified atom stereocenters. The van der Waals surface area contributed by atoms with Crippen LogP contribution in [0.1, 0.15) is 149 Å². The van der Waals surface area contributed by atoms with Gasteiger partial charge in [0.05, 0.1) is 26.4 Å². The number of carbonyl (C=O) groups excluding carboxylic acids is 1. The highest BCUT2D eigenvalue weighted by molar-refractivity contribution is 7.47. The van der Waals surface area contributed by atoms with Crippen LogP contribution in [0.2, 0.25) is 0 Å². The van der Waals surface area contributed by atoms with Crippen molar-refractivity contribution in [1.82, 2.24) is 0 Å². The maximum atomic E-state index is 12.5. The second kappa shape index (κ2) is 34.5. The van der Waals surface area contributed by atoms with Crippen molar-refractivity contribution in [3.8, 4) is 0 Å². The second-order valence-electron chi connectivity index (χ2n) is 12.2. The van der Waals surface area contributed by atoms with Gasteiger partial charge in [0.15, 0.2) is 0 Å². The van der Waals surface area contributed by atoms with Crippen LogP contribution < -0.4 is 0 Å². The lowest BCUT2D eigenvalue weighted by atomic mass is 10.1. The Hall–Kier alpha value is -1.32. The van der Waals surface area contributed by atoms with Gasteiger partial charge in [-0.2, -0.15) is 0 Å². The molecular weight excluding hydrogens is 619 g/mol. The van der Waals surface area contributed by atoms with Gasteiger partial charge in [-0.15, -0.1) is 0 Å². The number of aliphatic hydroxyl groups excluding tert-OH is 2. The number of ether oxygens (including phenoxy) is 2. The quantitative estimate of drug-likeness (QED) is 0.0258. The van der Waals surface area contributed by atoms with Crippen LogP contribution in [-0.4, -0.2) is 66.3 Å². The minimum Gasteiger partial charge on any atom is -0.457 e. The van der Waals surface area contributed by atoms with Crippen molar-refractivity contribution in [3.05, 3.63) is 36.5 Å². The molecule has 0 saturated heterocycles. The van der Waals surface area contributed by atoms with E-state index < -0.39 is 39.2 Å². The van der Waals surface area contributed by atoms with Gasteiger partial charge in [-0.05, 0) is 57.8 Å². The molecule has 0 rings (SSSR count). The van der Waals surface area contributed by atoms with E-state index in [2.05, 4.69) is 50.3 Å². The summed E-state index contributed by atoms with van der Waals surface area (Å²) in [5, 5.41) is 18.3. The van der Waals surface area contributed by atoms with Gasteiger partial charge in [0.1, 0.15) is 12.2 Å². The zero-order valence-electron chi connectivity index (χ0n) is 29.7. The molecule has 10 heteroatoms. The summed E-state index contributed by atoms with van der Waals surface area (Å²) >= 11 is 0. The number of carbonyl (C=O) groups is 1. The minimum atomic E-state index is -4.51. The van der Waals surface area contributed by atoms with Crippen molar-refractivity contribution in [2.45, 2.75) is 161 Å². The maximum absolute atomic E-state index is 12.5. The molecule has 0 amide bonds. The van der Waals surface area contributed by atoms with Crippen LogP contribution in [0.25, 0.3) is 0 Å². The van der Waals surface area contributed by atoms with Gasteiger partial charge in [0, 0.05) is 13.0 Å². The molecule has 3 atom stereocenters. The largest absolute Gasteiger partial charge is 0.472 e. The lowest BCUT2D eigenvalue weighted by Gasteiger charge is -2.20. The van der Waals surface area contributed by atoms with Crippen molar-refractivity contribution in [1.29, 1.82) is 0 Å². The zero-order valence-corrected chi connectivity index (χ0v) is 30.6. The second-order valence-corrected chi connectivity index (χ2v) is 13.7. The molecule has 3 N–H and O–H groups in total. The van der Waals surface area contributed by atoms with Gasteiger partial charge in [-0.3, -0.25) is 13.8 Å². The van der Waals surface area contributed by atoms with Crippen molar-refractivity contribution in [2.24, 2.45) is 0 Å². The molecule has 0 aromatic rings. The molecule has 0 aromatic carbocycles. The highest BCUT2D eigenvalue weighted by Crippen LogP contribution is 2.43. The predicted molar refractivity (Wildman–Crippen MR) is 191 cm³/mol. The lowest BCUT2D eigenvalue weighted by molar-refractivity contribution is -0.154. The highest BCUT2D eigenvalue weighted by atomic mass is 31.2. The fourth-order valence-electron chi connectivity index (χ4n) is 4.64. The van der Waals surface area contributed by atoms with Crippen LogP contribution >= 0.6 is 7.82 Å². The number of phosphoric ester groups is 1. The summed E-state index contributed by atoms with van der Waals surface area (Å²) < 4.78 is 33.2. The highest BCUT2D eigenvalue weighted by Gasteiger charge is 2.26. The molecule has 9 nitrogen and oxygen atoms in total. The topological polar surface area (TPSA) is 132 Å². The van der Waals surface area contributed by atoms with Gasteiger partial charge in [-0.1, -0.05) is 121 Å². The number of rotatable bonds is 35. The van der Waals surface area contributed by atoms with E-state index in [4.69, 9.17) is 23.6 Å². The van der Waals surface area contributed by atoms with E-state index in [1.807, 2.05) is 0 Å². The van der Waals surface area contributed by atoms with Crippen LogP contribution in [0.3, 0.4) is 0 Å². The molecule has 0 aliphatic rings. The lowest BCUT2D eigenvalue weighted by Crippen LogP contribution is -2.29. The Balaban J connectivity index is 4.27. The van der Waals surface area contributed by atoms with Gasteiger partial charge in [0.2, 0.25) is 0 Å². The average Bonchev–Trinajstić information content (AvgIpc) is 3.06. The molecule has 0 fully saturated rings. The molecule has 0 spiro atoms. The number of hydrogen-bond acceptors (Lipinski definition) is 8. The van der Waals surface area contributed by atoms with Crippen molar-refractivity contribution < 1.29 is 43.0 Å². The van der Waals surface area contributed by atoms with Crippen LogP contribution in [0, 0.1) is 0 Å². The van der Waals surface area contributed by atoms with Crippen LogP contribution in [-0.2, 0) is 27.9 Å². The maximum Gasteiger partial charge on any atom is 0.472 e. The van der Waals surface area contributed by atoms with Crippen molar-refractivity contribution in [3.63, 3.8) is 0 Å². The smallest absolute Gasteiger partial charge is 0.457 e. The number of esters is 1. The Bertz CT molecular complexity index is 831. The van der Waals surface area contributed by atoms with E-state index in [1.165, 1.54) is 51.4 Å². The number of allylic oxidation sites excluding steroid dienone is 6. The number of hydrogen-bond donors (Lipinski definition) is 3. The first-order chi connectivity index (χ1) is 22.8. The third-order valence-electron chi connectivity index (χ3n) is 7.55. The fraction of sp³-hybridized carbons (Fsp3) is 0.811. The molecule has 0 radical (unpaired) electrons. The third kappa shape index (κ3) is 34.3. The Morgan fingerprint density at radius 1 is 0.660 bits per heavy atom. The van der Waals surface area contributed by atoms with Crippen LogP contribution in [0.4, 0.5) is 0 Å². The summed E-state index contributed by atoms with van der Waals surface area (Å²) in [5.74, 6) is -0.399. The van der Waals surface area contributed by atoms with Crippen LogP contribution in [0.5, 0.6) is 0 Å². The van der Waals surface area contributed by atoms with E-state index in [1.54, 1.807) is 0 Å². The van der Waals surface area contributed by atoms with Gasteiger partial charge in [-0.25, -0.2) is 4.57 Å². The molecule has 0 bridgehead atoms. The molecule has 0 aliphatic heterocycles. The standard InChI is InChI=1S/C37H69O9P/c1-3-5-7-9-11-13-15-16-17-18-20-22-24-26-28-30-43-33-36(34-45-47(41,42)44-32-35(39)31-38)46-37(40)29-27-25-23-21-19-14-12-10-8-6-4-2/h9-12,15-16,35-36,38-39H,3-8,13-14,17-34H2,1-2H3,(H,41,42)/b11-9-,12-10-,16-15-. The summed E-state index contributed by atoms with van der Waals surface area (Å²) in [5.41, 5.74) is 0. The first-order valence-electron chi connectivity index (χ1n) is 18.5. The molecule has 0 aliphatic carbocycles. The zero-order chi connectivity index (χ0) is 34.7. The monoisotopic (exact) mass is 688 g/mol. The van der Waals surface area contributed by atoms with E-state index in [0.29, 0.717) is 13.0 Å². The Morgan fingerprint density at radius 3 is 1.72 bits per heavy atom. The van der Waals surface area contributed by atoms with Gasteiger partial charge < -0.3 is 24.6 Å². The average molecular weight is 689 g/mol. The van der Waals surface area contributed by atoms with E-state index in [9.17, 15) is 19.4 Å². The Morgan fingerprint density at radius 2 is 1.15 bits per heavy atom. The predicted octanol–water partition coefficient (Wildman–Crippen LogP) is 9.30. The molecule has 47 heavy (non-hydrogen) atoms. The number of aliphatic hydroxyl groups is 2. The Labute approximate surface area is 286 Å².